The van der Waals surface area contributed by atoms with Crippen molar-refractivity contribution in [2.24, 2.45) is 0 Å². The standard InChI is InChI=1S/C10H26O4Si3/c1-15(12)17(5,14-16(2,3)4)10-6-8-13-9-7-11/h11H,6-10H2,1-5H3. The van der Waals surface area contributed by atoms with E-state index in [1.807, 2.05) is 6.55 Å². The Hall–Kier alpha value is 0.331. The Morgan fingerprint density at radius 1 is 1.18 bits per heavy atom. The zero-order chi connectivity index (χ0) is 13.5. The van der Waals surface area contributed by atoms with Crippen molar-refractivity contribution in [1.29, 1.82) is 0 Å². The zero-order valence-corrected chi connectivity index (χ0v) is 14.7. The molecule has 7 heteroatoms. The lowest BCUT2D eigenvalue weighted by Gasteiger charge is -2.32. The summed E-state index contributed by atoms with van der Waals surface area (Å²) >= 11 is 0. The zero-order valence-electron chi connectivity index (χ0n) is 11.7. The molecule has 0 aromatic rings. The molecule has 0 aromatic heterocycles. The average Bonchev–Trinajstić information content (AvgIpc) is 2.14. The first-order valence-corrected chi connectivity index (χ1v) is 15.0. The van der Waals surface area contributed by atoms with Crippen molar-refractivity contribution in [2.45, 2.75) is 45.2 Å². The molecule has 4 nitrogen and oxygen atoms in total. The summed E-state index contributed by atoms with van der Waals surface area (Å²) in [6, 6.07) is 0.886. The van der Waals surface area contributed by atoms with E-state index in [1.165, 1.54) is 0 Å². The molecule has 1 atom stereocenters. The minimum Gasteiger partial charge on any atom is -0.453 e. The summed E-state index contributed by atoms with van der Waals surface area (Å²) in [6.45, 7) is 11.4. The quantitative estimate of drug-likeness (QED) is 0.521. The Labute approximate surface area is 108 Å². The van der Waals surface area contributed by atoms with Gasteiger partial charge < -0.3 is 18.4 Å². The molecule has 0 heterocycles. The van der Waals surface area contributed by atoms with Crippen molar-refractivity contribution < 1.29 is 18.4 Å². The van der Waals surface area contributed by atoms with Crippen LogP contribution in [-0.4, -0.2) is 49.3 Å². The maximum atomic E-state index is 11.9. The summed E-state index contributed by atoms with van der Waals surface area (Å²) in [5.74, 6) is 0. The summed E-state index contributed by atoms with van der Waals surface area (Å²) in [7, 11) is -5.28. The van der Waals surface area contributed by atoms with Crippen molar-refractivity contribution >= 4 is 24.4 Å². The molecule has 102 valence electrons. The lowest BCUT2D eigenvalue weighted by molar-refractivity contribution is 0.0924. The summed E-state index contributed by atoms with van der Waals surface area (Å²) < 4.78 is 23.4. The van der Waals surface area contributed by atoms with Gasteiger partial charge in [0.15, 0.2) is 8.32 Å². The van der Waals surface area contributed by atoms with E-state index in [1.54, 1.807) is 0 Å². The van der Waals surface area contributed by atoms with Gasteiger partial charge in [-0.05, 0) is 45.2 Å². The van der Waals surface area contributed by atoms with Crippen molar-refractivity contribution in [3.8, 4) is 0 Å². The van der Waals surface area contributed by atoms with Gasteiger partial charge in [-0.15, -0.1) is 0 Å². The minimum absolute atomic E-state index is 0.0600. The van der Waals surface area contributed by atoms with Gasteiger partial charge in [0.2, 0.25) is 7.83 Å². The number of hydrogen-bond donors (Lipinski definition) is 1. The number of hydrogen-bond acceptors (Lipinski definition) is 4. The topological polar surface area (TPSA) is 55.8 Å². The van der Waals surface area contributed by atoms with Gasteiger partial charge in [0, 0.05) is 6.61 Å². The van der Waals surface area contributed by atoms with Crippen molar-refractivity contribution in [2.75, 3.05) is 19.8 Å². The van der Waals surface area contributed by atoms with E-state index in [9.17, 15) is 4.46 Å². The van der Waals surface area contributed by atoms with Crippen LogP contribution in [-0.2, 0) is 13.3 Å². The van der Waals surface area contributed by atoms with E-state index in [4.69, 9.17) is 14.0 Å². The summed E-state index contributed by atoms with van der Waals surface area (Å²) in [5, 5.41) is 8.59. The molecule has 0 radical (unpaired) electrons. The summed E-state index contributed by atoms with van der Waals surface area (Å²) in [4.78, 5) is 0. The van der Waals surface area contributed by atoms with E-state index in [0.29, 0.717) is 13.2 Å². The highest BCUT2D eigenvalue weighted by Gasteiger charge is 2.39. The highest BCUT2D eigenvalue weighted by molar-refractivity contribution is 7.25. The second kappa shape index (κ2) is 7.70. The molecular weight excluding hydrogens is 268 g/mol. The van der Waals surface area contributed by atoms with Gasteiger partial charge in [-0.25, -0.2) is 0 Å². The van der Waals surface area contributed by atoms with Gasteiger partial charge in [0.25, 0.3) is 8.20 Å². The van der Waals surface area contributed by atoms with Gasteiger partial charge in [-0.1, -0.05) is 0 Å². The summed E-state index contributed by atoms with van der Waals surface area (Å²) in [5.41, 5.74) is 0. The van der Waals surface area contributed by atoms with Crippen LogP contribution in [0.2, 0.25) is 38.8 Å². The normalized spacial score (nSPS) is 15.6. The Morgan fingerprint density at radius 2 is 1.76 bits per heavy atom. The number of rotatable bonds is 9. The molecule has 0 aliphatic heterocycles. The molecule has 1 unspecified atom stereocenters. The SMILES string of the molecule is C[Si](=O)[Si](C)(CCCOCCO)O[Si](C)(C)C. The molecule has 0 bridgehead atoms. The minimum atomic E-state index is -2.06. The predicted octanol–water partition coefficient (Wildman–Crippen LogP) is 1.94. The van der Waals surface area contributed by atoms with Crippen LogP contribution in [0.15, 0.2) is 0 Å². The van der Waals surface area contributed by atoms with Crippen molar-refractivity contribution in [3.63, 3.8) is 0 Å². The maximum absolute atomic E-state index is 11.9. The Balaban J connectivity index is 4.19. The van der Waals surface area contributed by atoms with Gasteiger partial charge >= 0.3 is 0 Å². The lowest BCUT2D eigenvalue weighted by atomic mass is 10.5. The first kappa shape index (κ1) is 17.3. The largest absolute Gasteiger partial charge is 0.453 e. The molecule has 0 amide bonds. The van der Waals surface area contributed by atoms with E-state index >= 15 is 0 Å². The van der Waals surface area contributed by atoms with Crippen LogP contribution in [0.3, 0.4) is 0 Å². The first-order chi connectivity index (χ1) is 7.71. The second-order valence-corrected chi connectivity index (χ2v) is 19.8. The first-order valence-electron chi connectivity index (χ1n) is 6.11. The van der Waals surface area contributed by atoms with Crippen molar-refractivity contribution in [1.82, 2.24) is 0 Å². The second-order valence-electron chi connectivity index (χ2n) is 5.44. The Kier molecular flexibility index (Phi) is 7.85. The van der Waals surface area contributed by atoms with Crippen LogP contribution in [0.4, 0.5) is 0 Å². The highest BCUT2D eigenvalue weighted by atomic mass is 29.2. The molecule has 0 rings (SSSR count). The molecule has 0 fully saturated rings. The van der Waals surface area contributed by atoms with Crippen LogP contribution >= 0.6 is 0 Å². The molecule has 0 saturated carbocycles. The lowest BCUT2D eigenvalue weighted by Crippen LogP contribution is -2.51. The fourth-order valence-electron chi connectivity index (χ4n) is 1.65. The van der Waals surface area contributed by atoms with Gasteiger partial charge in [-0.3, -0.25) is 0 Å². The average molecular weight is 295 g/mol. The van der Waals surface area contributed by atoms with E-state index in [2.05, 4.69) is 26.2 Å². The molecule has 0 aromatic carbocycles. The van der Waals surface area contributed by atoms with Gasteiger partial charge in [0.05, 0.1) is 13.2 Å². The van der Waals surface area contributed by atoms with E-state index in [0.717, 1.165) is 12.5 Å². The van der Waals surface area contributed by atoms with Crippen LogP contribution in [0, 0.1) is 0 Å². The number of aliphatic hydroxyl groups excluding tert-OH is 1. The molecular formula is C10H26O4Si3. The third-order valence-electron chi connectivity index (χ3n) is 2.45. The van der Waals surface area contributed by atoms with Crippen LogP contribution in [0.25, 0.3) is 0 Å². The predicted molar refractivity (Wildman–Crippen MR) is 75.7 cm³/mol. The van der Waals surface area contributed by atoms with E-state index in [-0.39, 0.29) is 6.61 Å². The van der Waals surface area contributed by atoms with Gasteiger partial charge in [0.1, 0.15) is 0 Å². The molecule has 17 heavy (non-hydrogen) atoms. The molecule has 1 N–H and O–H groups in total. The number of ether oxygens (including phenoxy) is 1. The maximum Gasteiger partial charge on any atom is 0.285 e. The smallest absolute Gasteiger partial charge is 0.285 e. The highest BCUT2D eigenvalue weighted by Crippen LogP contribution is 2.20. The van der Waals surface area contributed by atoms with Crippen LogP contribution in [0.5, 0.6) is 0 Å². The van der Waals surface area contributed by atoms with E-state index < -0.39 is 24.4 Å². The van der Waals surface area contributed by atoms with Crippen LogP contribution < -0.4 is 0 Å². The number of aliphatic hydroxyl groups is 1. The molecule has 0 spiro atoms. The Morgan fingerprint density at radius 3 is 2.18 bits per heavy atom. The fraction of sp³-hybridized carbons (Fsp3) is 1.00. The third-order valence-corrected chi connectivity index (χ3v) is 15.6. The monoisotopic (exact) mass is 294 g/mol. The third kappa shape index (κ3) is 8.11. The molecule has 0 aliphatic carbocycles. The van der Waals surface area contributed by atoms with Crippen molar-refractivity contribution in [3.05, 3.63) is 0 Å². The Bertz CT molecular complexity index is 242. The van der Waals surface area contributed by atoms with Gasteiger partial charge in [-0.2, -0.15) is 0 Å². The molecule has 0 aliphatic rings. The summed E-state index contributed by atoms with van der Waals surface area (Å²) in [6.07, 6.45) is 0.872. The van der Waals surface area contributed by atoms with Crippen LogP contribution in [0.1, 0.15) is 6.42 Å². The fourth-order valence-corrected chi connectivity index (χ4v) is 14.8. The molecule has 0 saturated heterocycles.